The van der Waals surface area contributed by atoms with Crippen LogP contribution in [-0.4, -0.2) is 47.4 Å². The smallest absolute Gasteiger partial charge is 0.324 e. The van der Waals surface area contributed by atoms with Gasteiger partial charge in [-0.25, -0.2) is 0 Å². The van der Waals surface area contributed by atoms with E-state index in [-0.39, 0.29) is 18.6 Å². The van der Waals surface area contributed by atoms with Gasteiger partial charge in [-0.3, -0.25) is 0 Å². The Bertz CT molecular complexity index is 286. The maximum Gasteiger partial charge on any atom is 0.324 e. The van der Waals surface area contributed by atoms with E-state index in [0.29, 0.717) is 18.9 Å². The number of methoxy groups -OCH3 is 2. The third-order valence-corrected chi connectivity index (χ3v) is 1.58. The van der Waals surface area contributed by atoms with Crippen molar-refractivity contribution < 1.29 is 14.6 Å². The molecule has 1 rings (SSSR count). The minimum absolute atomic E-state index is 0.117. The van der Waals surface area contributed by atoms with Crippen molar-refractivity contribution in [1.82, 2.24) is 15.0 Å². The molecule has 1 heterocycles. The average molecular weight is 214 g/mol. The summed E-state index contributed by atoms with van der Waals surface area (Å²) >= 11 is 0. The van der Waals surface area contributed by atoms with Crippen LogP contribution in [0.25, 0.3) is 0 Å². The monoisotopic (exact) mass is 214 g/mol. The normalized spacial score (nSPS) is 9.80. The zero-order valence-electron chi connectivity index (χ0n) is 8.73. The zero-order chi connectivity index (χ0) is 11.1. The van der Waals surface area contributed by atoms with E-state index in [1.54, 1.807) is 0 Å². The second-order valence-electron chi connectivity index (χ2n) is 2.64. The van der Waals surface area contributed by atoms with Gasteiger partial charge in [0.05, 0.1) is 14.2 Å². The molecule has 15 heavy (non-hydrogen) atoms. The molecule has 0 fully saturated rings. The van der Waals surface area contributed by atoms with E-state index < -0.39 is 0 Å². The highest BCUT2D eigenvalue weighted by molar-refractivity contribution is 5.27. The lowest BCUT2D eigenvalue weighted by Crippen LogP contribution is -2.09. The summed E-state index contributed by atoms with van der Waals surface area (Å²) in [5, 5.41) is 11.5. The highest BCUT2D eigenvalue weighted by atomic mass is 16.5. The van der Waals surface area contributed by atoms with Gasteiger partial charge in [0, 0.05) is 13.2 Å². The lowest BCUT2D eigenvalue weighted by Gasteiger charge is -2.06. The van der Waals surface area contributed by atoms with Crippen molar-refractivity contribution in [2.75, 3.05) is 32.7 Å². The topological polar surface area (TPSA) is 89.4 Å². The fourth-order valence-electron chi connectivity index (χ4n) is 0.879. The molecule has 2 N–H and O–H groups in total. The lowest BCUT2D eigenvalue weighted by molar-refractivity contribution is 0.292. The third-order valence-electron chi connectivity index (χ3n) is 1.58. The fraction of sp³-hybridized carbons (Fsp3) is 0.625. The van der Waals surface area contributed by atoms with E-state index >= 15 is 0 Å². The van der Waals surface area contributed by atoms with Gasteiger partial charge in [-0.1, -0.05) is 0 Å². The molecule has 0 saturated carbocycles. The third kappa shape index (κ3) is 3.55. The molecule has 0 atom stereocenters. The number of aliphatic hydroxyl groups is 1. The number of nitrogens with zero attached hydrogens (tertiary/aromatic N) is 3. The van der Waals surface area contributed by atoms with Crippen molar-refractivity contribution in [3.8, 4) is 12.0 Å². The van der Waals surface area contributed by atoms with Gasteiger partial charge in [0.15, 0.2) is 0 Å². The number of nitrogens with one attached hydrogen (secondary N) is 1. The molecule has 1 aromatic heterocycles. The van der Waals surface area contributed by atoms with E-state index in [1.165, 1.54) is 14.2 Å². The van der Waals surface area contributed by atoms with Crippen molar-refractivity contribution in [2.45, 2.75) is 6.42 Å². The van der Waals surface area contributed by atoms with Crippen molar-refractivity contribution in [3.63, 3.8) is 0 Å². The molecular formula is C8H14N4O3. The molecule has 0 saturated heterocycles. The summed E-state index contributed by atoms with van der Waals surface area (Å²) in [6, 6.07) is 0.377. The van der Waals surface area contributed by atoms with Crippen LogP contribution in [0, 0.1) is 0 Å². The number of anilines is 1. The first-order valence-electron chi connectivity index (χ1n) is 4.49. The maximum absolute atomic E-state index is 8.60. The summed E-state index contributed by atoms with van der Waals surface area (Å²) in [6.45, 7) is 0.694. The predicted molar refractivity (Wildman–Crippen MR) is 53.1 cm³/mol. The second kappa shape index (κ2) is 5.97. The lowest BCUT2D eigenvalue weighted by atomic mass is 10.4. The van der Waals surface area contributed by atoms with Crippen LogP contribution in [0.1, 0.15) is 6.42 Å². The van der Waals surface area contributed by atoms with Crippen molar-refractivity contribution in [2.24, 2.45) is 0 Å². The first kappa shape index (κ1) is 11.4. The number of rotatable bonds is 6. The number of hydrogen-bond donors (Lipinski definition) is 2. The van der Waals surface area contributed by atoms with E-state index in [1.807, 2.05) is 0 Å². The first-order chi connectivity index (χ1) is 7.30. The maximum atomic E-state index is 8.60. The van der Waals surface area contributed by atoms with E-state index in [2.05, 4.69) is 20.3 Å². The first-order valence-corrected chi connectivity index (χ1v) is 4.49. The molecule has 0 aliphatic heterocycles. The summed E-state index contributed by atoms with van der Waals surface area (Å²) in [4.78, 5) is 11.8. The Hall–Kier alpha value is -1.63. The van der Waals surface area contributed by atoms with Crippen molar-refractivity contribution >= 4 is 5.95 Å². The van der Waals surface area contributed by atoms with Crippen LogP contribution in [0.3, 0.4) is 0 Å². The van der Waals surface area contributed by atoms with Gasteiger partial charge in [-0.2, -0.15) is 9.97 Å². The van der Waals surface area contributed by atoms with Gasteiger partial charge in [0.25, 0.3) is 0 Å². The van der Waals surface area contributed by atoms with Crippen molar-refractivity contribution in [1.29, 1.82) is 0 Å². The predicted octanol–water partition coefficient (Wildman–Crippen LogP) is -0.317. The van der Waals surface area contributed by atoms with Crippen LogP contribution in [0.2, 0.25) is 0 Å². The Morgan fingerprint density at radius 1 is 1.13 bits per heavy atom. The fourth-order valence-corrected chi connectivity index (χ4v) is 0.879. The summed E-state index contributed by atoms with van der Waals surface area (Å²) in [7, 11) is 2.93. The van der Waals surface area contributed by atoms with Crippen molar-refractivity contribution in [3.05, 3.63) is 0 Å². The zero-order valence-corrected chi connectivity index (χ0v) is 8.73. The molecule has 0 radical (unpaired) electrons. The molecule has 0 spiro atoms. The van der Waals surface area contributed by atoms with Crippen LogP contribution in [-0.2, 0) is 0 Å². The van der Waals surface area contributed by atoms with Gasteiger partial charge in [0.1, 0.15) is 0 Å². The SMILES string of the molecule is COc1nc(NCCCO)nc(OC)n1. The summed E-state index contributed by atoms with van der Waals surface area (Å²) in [5.74, 6) is 0.368. The molecule has 0 aliphatic rings. The highest BCUT2D eigenvalue weighted by Gasteiger charge is 2.05. The molecule has 84 valence electrons. The number of aliphatic hydroxyl groups excluding tert-OH is 1. The molecule has 0 aromatic carbocycles. The standard InChI is InChI=1S/C8H14N4O3/c1-14-7-10-6(9-4-3-5-13)11-8(12-7)15-2/h13H,3-5H2,1-2H3,(H,9,10,11,12). The Balaban J connectivity index is 2.68. The Morgan fingerprint density at radius 3 is 2.20 bits per heavy atom. The number of aromatic nitrogens is 3. The molecule has 1 aromatic rings. The number of ether oxygens (including phenoxy) is 2. The van der Waals surface area contributed by atoms with Gasteiger partial charge in [-0.15, -0.1) is 4.98 Å². The summed E-state index contributed by atoms with van der Waals surface area (Å²) < 4.78 is 9.74. The molecular weight excluding hydrogens is 200 g/mol. The second-order valence-corrected chi connectivity index (χ2v) is 2.64. The quantitative estimate of drug-likeness (QED) is 0.627. The summed E-state index contributed by atoms with van der Waals surface area (Å²) in [5.41, 5.74) is 0. The Morgan fingerprint density at radius 2 is 1.73 bits per heavy atom. The van der Waals surface area contributed by atoms with E-state index in [9.17, 15) is 0 Å². The van der Waals surface area contributed by atoms with Crippen LogP contribution in [0.4, 0.5) is 5.95 Å². The number of hydrogen-bond acceptors (Lipinski definition) is 7. The molecule has 7 nitrogen and oxygen atoms in total. The molecule has 0 bridgehead atoms. The molecule has 0 aliphatic carbocycles. The molecule has 0 unspecified atom stereocenters. The van der Waals surface area contributed by atoms with Crippen LogP contribution in [0.5, 0.6) is 12.0 Å². The van der Waals surface area contributed by atoms with Crippen LogP contribution < -0.4 is 14.8 Å². The minimum atomic E-state index is 0.117. The van der Waals surface area contributed by atoms with Crippen LogP contribution in [0.15, 0.2) is 0 Å². The van der Waals surface area contributed by atoms with Gasteiger partial charge >= 0.3 is 12.0 Å². The highest BCUT2D eigenvalue weighted by Crippen LogP contribution is 2.11. The van der Waals surface area contributed by atoms with Gasteiger partial charge in [0.2, 0.25) is 5.95 Å². The Labute approximate surface area is 87.5 Å². The van der Waals surface area contributed by atoms with Crippen LogP contribution >= 0.6 is 0 Å². The summed E-state index contributed by atoms with van der Waals surface area (Å²) in [6.07, 6.45) is 0.621. The Kier molecular flexibility index (Phi) is 4.55. The molecule has 0 amide bonds. The van der Waals surface area contributed by atoms with Gasteiger partial charge in [-0.05, 0) is 6.42 Å². The van der Waals surface area contributed by atoms with E-state index in [4.69, 9.17) is 14.6 Å². The average Bonchev–Trinajstić information content (AvgIpc) is 2.29. The molecule has 7 heteroatoms. The van der Waals surface area contributed by atoms with E-state index in [0.717, 1.165) is 0 Å². The largest absolute Gasteiger partial charge is 0.467 e. The minimum Gasteiger partial charge on any atom is -0.467 e. The van der Waals surface area contributed by atoms with Gasteiger partial charge < -0.3 is 19.9 Å².